The predicted octanol–water partition coefficient (Wildman–Crippen LogP) is 0.903. The fraction of sp³-hybridized carbons (Fsp3) is 0.429. The van der Waals surface area contributed by atoms with Crippen LogP contribution in [0.1, 0.15) is 13.3 Å². The highest BCUT2D eigenvalue weighted by Crippen LogP contribution is 1.84. The zero-order valence-corrected chi connectivity index (χ0v) is 5.74. The molecule has 0 rings (SSSR count). The van der Waals surface area contributed by atoms with Gasteiger partial charge in [0.25, 0.3) is 0 Å². The Bertz CT molecular complexity index is 118. The summed E-state index contributed by atoms with van der Waals surface area (Å²) >= 11 is 0. The minimum absolute atomic E-state index is 0.0846. The summed E-state index contributed by atoms with van der Waals surface area (Å²) in [5, 5.41) is 2.63. The number of carbonyl (C=O) groups is 1. The maximum Gasteiger partial charge on any atom is 0.246 e. The number of carbonyl (C=O) groups excluding carboxylic acids is 1. The second kappa shape index (κ2) is 4.13. The molecule has 2 nitrogen and oxygen atoms in total. The summed E-state index contributed by atoms with van der Waals surface area (Å²) in [4.78, 5) is 10.7. The maximum absolute atomic E-state index is 10.7. The van der Waals surface area contributed by atoms with Crippen LogP contribution in [0.25, 0.3) is 0 Å². The number of hydrogen-bond donors (Lipinski definition) is 1. The van der Waals surface area contributed by atoms with Crippen LogP contribution in [0, 0.1) is 6.92 Å². The Hall–Kier alpha value is -0.790. The molecule has 1 amide bonds. The van der Waals surface area contributed by atoms with Crippen molar-refractivity contribution in [1.29, 1.82) is 0 Å². The van der Waals surface area contributed by atoms with E-state index >= 15 is 0 Å². The SMILES string of the molecule is [CH2]CCNC(=O)C(=C)C. The number of nitrogens with one attached hydrogen (secondary N) is 1. The molecule has 1 radical (unpaired) electrons. The van der Waals surface area contributed by atoms with Gasteiger partial charge < -0.3 is 5.32 Å². The van der Waals surface area contributed by atoms with Crippen molar-refractivity contribution in [3.05, 3.63) is 19.1 Å². The van der Waals surface area contributed by atoms with Crippen LogP contribution >= 0.6 is 0 Å². The van der Waals surface area contributed by atoms with Crippen molar-refractivity contribution >= 4 is 5.91 Å². The normalized spacial score (nSPS) is 8.67. The van der Waals surface area contributed by atoms with Gasteiger partial charge in [0.15, 0.2) is 0 Å². The first-order chi connectivity index (χ1) is 4.18. The topological polar surface area (TPSA) is 29.1 Å². The molecule has 0 aromatic carbocycles. The Kier molecular flexibility index (Phi) is 3.76. The van der Waals surface area contributed by atoms with Crippen molar-refractivity contribution in [3.8, 4) is 0 Å². The summed E-state index contributed by atoms with van der Waals surface area (Å²) < 4.78 is 0. The van der Waals surface area contributed by atoms with Crippen molar-refractivity contribution in [2.24, 2.45) is 0 Å². The van der Waals surface area contributed by atoms with E-state index in [1.165, 1.54) is 0 Å². The summed E-state index contributed by atoms with van der Waals surface area (Å²) in [7, 11) is 0. The third-order valence-electron chi connectivity index (χ3n) is 0.850. The fourth-order valence-corrected chi connectivity index (χ4v) is 0.353. The Labute approximate surface area is 56.0 Å². The monoisotopic (exact) mass is 126 g/mol. The van der Waals surface area contributed by atoms with Crippen LogP contribution in [0.15, 0.2) is 12.2 Å². The zero-order chi connectivity index (χ0) is 7.28. The van der Waals surface area contributed by atoms with Crippen molar-refractivity contribution in [3.63, 3.8) is 0 Å². The van der Waals surface area contributed by atoms with Gasteiger partial charge in [-0.2, -0.15) is 0 Å². The Morgan fingerprint density at radius 3 is 2.56 bits per heavy atom. The van der Waals surface area contributed by atoms with Gasteiger partial charge in [-0.25, -0.2) is 0 Å². The average Bonchev–Trinajstić information content (AvgIpc) is 1.82. The predicted molar refractivity (Wildman–Crippen MR) is 37.8 cm³/mol. The minimum Gasteiger partial charge on any atom is -0.352 e. The summed E-state index contributed by atoms with van der Waals surface area (Å²) in [6.45, 7) is 9.36. The number of hydrogen-bond acceptors (Lipinski definition) is 1. The molecule has 0 saturated carbocycles. The summed E-state index contributed by atoms with van der Waals surface area (Å²) in [5.41, 5.74) is 0.545. The van der Waals surface area contributed by atoms with E-state index in [1.54, 1.807) is 6.92 Å². The highest BCUT2D eigenvalue weighted by Gasteiger charge is 1.96. The molecule has 1 N–H and O–H groups in total. The second-order valence-electron chi connectivity index (χ2n) is 1.89. The van der Waals surface area contributed by atoms with E-state index < -0.39 is 0 Å². The first-order valence-electron chi connectivity index (χ1n) is 2.91. The highest BCUT2D eigenvalue weighted by molar-refractivity contribution is 5.91. The Morgan fingerprint density at radius 1 is 1.67 bits per heavy atom. The molecule has 0 saturated heterocycles. The van der Waals surface area contributed by atoms with Crippen molar-refractivity contribution in [2.45, 2.75) is 13.3 Å². The van der Waals surface area contributed by atoms with Gasteiger partial charge in [0.2, 0.25) is 5.91 Å². The molecule has 0 aromatic rings. The third kappa shape index (κ3) is 3.76. The lowest BCUT2D eigenvalue weighted by Gasteiger charge is -1.99. The van der Waals surface area contributed by atoms with Crippen molar-refractivity contribution in [2.75, 3.05) is 6.54 Å². The van der Waals surface area contributed by atoms with Gasteiger partial charge in [-0.3, -0.25) is 4.79 Å². The molecule has 0 aliphatic rings. The summed E-state index contributed by atoms with van der Waals surface area (Å²) in [5.74, 6) is -0.0846. The standard InChI is InChI=1S/C7H12NO/c1-4-5-8-7(9)6(2)3/h1-2,4-5H2,3H3,(H,8,9). The summed E-state index contributed by atoms with van der Waals surface area (Å²) in [6.07, 6.45) is 0.721. The van der Waals surface area contributed by atoms with Crippen LogP contribution in [-0.4, -0.2) is 12.5 Å². The molecular weight excluding hydrogens is 114 g/mol. The van der Waals surface area contributed by atoms with E-state index in [0.717, 1.165) is 6.42 Å². The van der Waals surface area contributed by atoms with Crippen LogP contribution in [0.5, 0.6) is 0 Å². The van der Waals surface area contributed by atoms with Gasteiger partial charge in [-0.15, -0.1) is 0 Å². The van der Waals surface area contributed by atoms with Crippen LogP contribution in [0.4, 0.5) is 0 Å². The van der Waals surface area contributed by atoms with Gasteiger partial charge in [-0.1, -0.05) is 13.5 Å². The molecule has 0 fully saturated rings. The lowest BCUT2D eigenvalue weighted by atomic mass is 10.3. The molecule has 0 heterocycles. The lowest BCUT2D eigenvalue weighted by Crippen LogP contribution is -2.24. The van der Waals surface area contributed by atoms with E-state index in [0.29, 0.717) is 12.1 Å². The quantitative estimate of drug-likeness (QED) is 0.559. The van der Waals surface area contributed by atoms with E-state index in [2.05, 4.69) is 18.8 Å². The van der Waals surface area contributed by atoms with Gasteiger partial charge in [-0.05, 0) is 13.3 Å². The first kappa shape index (κ1) is 8.21. The summed E-state index contributed by atoms with van der Waals surface area (Å²) in [6, 6.07) is 0. The van der Waals surface area contributed by atoms with Crippen molar-refractivity contribution in [1.82, 2.24) is 5.32 Å². The molecule has 2 heteroatoms. The number of amides is 1. The molecule has 9 heavy (non-hydrogen) atoms. The Morgan fingerprint density at radius 2 is 2.22 bits per heavy atom. The molecular formula is C7H12NO. The van der Waals surface area contributed by atoms with Gasteiger partial charge in [0.1, 0.15) is 0 Å². The van der Waals surface area contributed by atoms with Gasteiger partial charge >= 0.3 is 0 Å². The highest BCUT2D eigenvalue weighted by atomic mass is 16.1. The molecule has 0 spiro atoms. The second-order valence-corrected chi connectivity index (χ2v) is 1.89. The maximum atomic E-state index is 10.7. The molecule has 51 valence electrons. The largest absolute Gasteiger partial charge is 0.352 e. The van der Waals surface area contributed by atoms with Crippen LogP contribution in [0.3, 0.4) is 0 Å². The zero-order valence-electron chi connectivity index (χ0n) is 5.74. The van der Waals surface area contributed by atoms with E-state index in [-0.39, 0.29) is 5.91 Å². The minimum atomic E-state index is -0.0846. The fourth-order valence-electron chi connectivity index (χ4n) is 0.353. The molecule has 0 aromatic heterocycles. The van der Waals surface area contributed by atoms with Crippen LogP contribution < -0.4 is 5.32 Å². The van der Waals surface area contributed by atoms with Crippen LogP contribution in [-0.2, 0) is 4.79 Å². The van der Waals surface area contributed by atoms with Crippen LogP contribution in [0.2, 0.25) is 0 Å². The molecule has 0 unspecified atom stereocenters. The molecule has 0 aliphatic carbocycles. The molecule has 0 atom stereocenters. The molecule has 0 bridgehead atoms. The smallest absolute Gasteiger partial charge is 0.246 e. The Balaban J connectivity index is 3.39. The first-order valence-corrected chi connectivity index (χ1v) is 2.91. The lowest BCUT2D eigenvalue weighted by molar-refractivity contribution is -0.117. The van der Waals surface area contributed by atoms with Gasteiger partial charge in [0.05, 0.1) is 0 Å². The third-order valence-corrected chi connectivity index (χ3v) is 0.850. The van der Waals surface area contributed by atoms with Gasteiger partial charge in [0, 0.05) is 12.1 Å². The number of rotatable bonds is 3. The van der Waals surface area contributed by atoms with Crippen molar-refractivity contribution < 1.29 is 4.79 Å². The average molecular weight is 126 g/mol. The molecule has 0 aliphatic heterocycles. The van der Waals surface area contributed by atoms with E-state index in [4.69, 9.17) is 0 Å². The van der Waals surface area contributed by atoms with E-state index in [9.17, 15) is 4.79 Å². The van der Waals surface area contributed by atoms with E-state index in [1.807, 2.05) is 0 Å².